The van der Waals surface area contributed by atoms with Crippen LogP contribution in [0.2, 0.25) is 0 Å². The molecular weight excluding hydrogens is 308 g/mol. The fraction of sp³-hybridized carbons (Fsp3) is 0.842. The number of fused-ring (bicyclic) bond motifs is 2. The van der Waals surface area contributed by atoms with Crippen molar-refractivity contribution in [1.29, 1.82) is 0 Å². The third-order valence-electron chi connectivity index (χ3n) is 5.62. The van der Waals surface area contributed by atoms with Crippen molar-refractivity contribution in [3.63, 3.8) is 0 Å². The van der Waals surface area contributed by atoms with E-state index in [2.05, 4.69) is 6.58 Å². The first-order valence-electron chi connectivity index (χ1n) is 8.69. The molecule has 0 aliphatic carbocycles. The van der Waals surface area contributed by atoms with Crippen LogP contribution in [0.3, 0.4) is 0 Å². The highest BCUT2D eigenvalue weighted by Crippen LogP contribution is 2.48. The second-order valence-corrected chi connectivity index (χ2v) is 8.80. The molecule has 2 rings (SSSR count). The summed E-state index contributed by atoms with van der Waals surface area (Å²) in [6.45, 7) is 16.6. The van der Waals surface area contributed by atoms with Crippen molar-refractivity contribution in [2.75, 3.05) is 0 Å². The maximum atomic E-state index is 11.9. The topological polar surface area (TPSA) is 65.0 Å². The van der Waals surface area contributed by atoms with Gasteiger partial charge in [0.1, 0.15) is 12.2 Å². The average Bonchev–Trinajstić information content (AvgIpc) is 2.95. The monoisotopic (exact) mass is 340 g/mol. The maximum absolute atomic E-state index is 11.9. The van der Waals surface area contributed by atoms with Crippen LogP contribution in [0.15, 0.2) is 12.2 Å². The molecule has 0 amide bonds. The van der Waals surface area contributed by atoms with Gasteiger partial charge in [-0.2, -0.15) is 0 Å². The third-order valence-corrected chi connectivity index (χ3v) is 5.62. The van der Waals surface area contributed by atoms with Crippen LogP contribution in [-0.4, -0.2) is 46.2 Å². The first-order chi connectivity index (χ1) is 10.7. The van der Waals surface area contributed by atoms with Crippen molar-refractivity contribution in [1.82, 2.24) is 0 Å². The van der Waals surface area contributed by atoms with Crippen molar-refractivity contribution in [2.24, 2.45) is 5.92 Å². The third kappa shape index (κ3) is 3.68. The smallest absolute Gasteiger partial charge is 0.333 e. The lowest BCUT2D eigenvalue weighted by Crippen LogP contribution is -2.55. The van der Waals surface area contributed by atoms with Crippen molar-refractivity contribution in [3.8, 4) is 0 Å². The molecule has 0 aromatic carbocycles. The van der Waals surface area contributed by atoms with Gasteiger partial charge < -0.3 is 19.3 Å². The number of rotatable bonds is 6. The highest BCUT2D eigenvalue weighted by atomic mass is 16.6. The number of esters is 1. The quantitative estimate of drug-likeness (QED) is 0.595. The number of hydrogen-bond acceptors (Lipinski definition) is 5. The molecule has 1 N–H and O–H groups in total. The van der Waals surface area contributed by atoms with Gasteiger partial charge in [0.15, 0.2) is 0 Å². The zero-order chi connectivity index (χ0) is 18.5. The van der Waals surface area contributed by atoms with E-state index in [0.717, 1.165) is 12.8 Å². The molecule has 0 radical (unpaired) electrons. The highest BCUT2D eigenvalue weighted by Gasteiger charge is 2.56. The molecule has 5 nitrogen and oxygen atoms in total. The Bertz CT molecular complexity index is 514. The molecule has 2 aliphatic rings. The minimum atomic E-state index is -0.978. The molecule has 138 valence electrons. The number of ether oxygens (including phenoxy) is 3. The van der Waals surface area contributed by atoms with E-state index in [-0.39, 0.29) is 30.2 Å². The van der Waals surface area contributed by atoms with Crippen molar-refractivity contribution < 1.29 is 24.1 Å². The normalized spacial score (nSPS) is 30.5. The molecule has 0 spiro atoms. The van der Waals surface area contributed by atoms with Gasteiger partial charge in [-0.1, -0.05) is 6.58 Å². The van der Waals surface area contributed by atoms with Gasteiger partial charge in [-0.15, -0.1) is 0 Å². The molecule has 4 atom stereocenters. The van der Waals surface area contributed by atoms with Gasteiger partial charge in [0.25, 0.3) is 0 Å². The Balaban J connectivity index is 2.11. The highest BCUT2D eigenvalue weighted by molar-refractivity contribution is 5.87. The number of hydrogen-bond donors (Lipinski definition) is 1. The number of aliphatic hydroxyl groups is 1. The lowest BCUT2D eigenvalue weighted by molar-refractivity contribution is -0.226. The van der Waals surface area contributed by atoms with Crippen LogP contribution < -0.4 is 0 Å². The van der Waals surface area contributed by atoms with Crippen molar-refractivity contribution in [2.45, 2.75) is 96.4 Å². The molecule has 2 bridgehead atoms. The van der Waals surface area contributed by atoms with Crippen molar-refractivity contribution >= 4 is 5.97 Å². The molecule has 24 heavy (non-hydrogen) atoms. The summed E-state index contributed by atoms with van der Waals surface area (Å²) in [7, 11) is 0. The Morgan fingerprint density at radius 3 is 2.21 bits per heavy atom. The van der Waals surface area contributed by atoms with E-state index in [9.17, 15) is 9.90 Å². The summed E-state index contributed by atoms with van der Waals surface area (Å²) < 4.78 is 17.9. The molecule has 5 heteroatoms. The van der Waals surface area contributed by atoms with Gasteiger partial charge in [0.05, 0.1) is 22.9 Å². The summed E-state index contributed by atoms with van der Waals surface area (Å²) in [4.78, 5) is 11.9. The lowest BCUT2D eigenvalue weighted by atomic mass is 9.76. The molecule has 2 fully saturated rings. The summed E-state index contributed by atoms with van der Waals surface area (Å²) in [5.41, 5.74) is -1.82. The fourth-order valence-electron chi connectivity index (χ4n) is 3.57. The fourth-order valence-corrected chi connectivity index (χ4v) is 3.57. The van der Waals surface area contributed by atoms with Crippen LogP contribution in [0.5, 0.6) is 0 Å². The Labute approximate surface area is 145 Å². The van der Waals surface area contributed by atoms with E-state index in [1.165, 1.54) is 0 Å². The zero-order valence-corrected chi connectivity index (χ0v) is 16.0. The average molecular weight is 340 g/mol. The molecule has 0 aromatic heterocycles. The zero-order valence-electron chi connectivity index (χ0n) is 16.0. The van der Waals surface area contributed by atoms with E-state index in [1.807, 2.05) is 27.7 Å². The standard InChI is InChI=1S/C19H32O5/c1-11(2)16(20)23-14-10-12-9-13(15(14)22-12)17(3,4)24-19(7,8)18(5,6)21/h12-15,21H,1,9-10H2,2-8H3. The molecule has 4 unspecified atom stereocenters. The Kier molecular flexibility index (Phi) is 4.95. The number of carbonyl (C=O) groups is 1. The van der Waals surface area contributed by atoms with Crippen LogP contribution in [0.25, 0.3) is 0 Å². The number of carbonyl (C=O) groups excluding carboxylic acids is 1. The Morgan fingerprint density at radius 1 is 1.17 bits per heavy atom. The summed E-state index contributed by atoms with van der Waals surface area (Å²) in [6.07, 6.45) is 1.26. The largest absolute Gasteiger partial charge is 0.456 e. The Morgan fingerprint density at radius 2 is 1.75 bits per heavy atom. The van der Waals surface area contributed by atoms with E-state index in [1.54, 1.807) is 20.8 Å². The lowest BCUT2D eigenvalue weighted by Gasteiger charge is -2.47. The van der Waals surface area contributed by atoms with E-state index < -0.39 is 16.8 Å². The minimum absolute atomic E-state index is 0.0936. The molecule has 0 saturated carbocycles. The van der Waals surface area contributed by atoms with Gasteiger partial charge in [-0.25, -0.2) is 4.79 Å². The summed E-state index contributed by atoms with van der Waals surface area (Å²) in [5, 5.41) is 10.4. The maximum Gasteiger partial charge on any atom is 0.333 e. The van der Waals surface area contributed by atoms with Gasteiger partial charge in [-0.3, -0.25) is 0 Å². The summed E-state index contributed by atoms with van der Waals surface area (Å²) in [5.74, 6) is -0.272. The molecule has 2 saturated heterocycles. The molecule has 2 aliphatic heterocycles. The predicted octanol–water partition coefficient (Wildman–Crippen LogP) is 3.00. The summed E-state index contributed by atoms with van der Waals surface area (Å²) in [6, 6.07) is 0. The van der Waals surface area contributed by atoms with Crippen LogP contribution in [-0.2, 0) is 19.0 Å². The molecule has 0 aromatic rings. The molecule has 2 heterocycles. The van der Waals surface area contributed by atoms with Gasteiger partial charge >= 0.3 is 5.97 Å². The second-order valence-electron chi connectivity index (χ2n) is 8.80. The predicted molar refractivity (Wildman–Crippen MR) is 91.6 cm³/mol. The Hall–Kier alpha value is -0.910. The van der Waals surface area contributed by atoms with E-state index in [0.29, 0.717) is 5.57 Å². The van der Waals surface area contributed by atoms with Crippen LogP contribution in [0, 0.1) is 5.92 Å². The van der Waals surface area contributed by atoms with Gasteiger partial charge in [0, 0.05) is 17.9 Å². The van der Waals surface area contributed by atoms with Gasteiger partial charge in [-0.05, 0) is 54.9 Å². The van der Waals surface area contributed by atoms with E-state index in [4.69, 9.17) is 14.2 Å². The first kappa shape index (κ1) is 19.4. The SMILES string of the molecule is C=C(C)C(=O)OC1CC2CC(C(C)(C)OC(C)(C)C(C)(C)O)C1O2. The summed E-state index contributed by atoms with van der Waals surface area (Å²) >= 11 is 0. The molecular formula is C19H32O5. The van der Waals surface area contributed by atoms with Crippen LogP contribution in [0.4, 0.5) is 0 Å². The second kappa shape index (κ2) is 6.11. The van der Waals surface area contributed by atoms with E-state index >= 15 is 0 Å². The first-order valence-corrected chi connectivity index (χ1v) is 8.69. The van der Waals surface area contributed by atoms with Gasteiger partial charge in [0.2, 0.25) is 0 Å². The minimum Gasteiger partial charge on any atom is -0.456 e. The van der Waals surface area contributed by atoms with Crippen LogP contribution >= 0.6 is 0 Å². The van der Waals surface area contributed by atoms with Crippen molar-refractivity contribution in [3.05, 3.63) is 12.2 Å². The van der Waals surface area contributed by atoms with Crippen LogP contribution in [0.1, 0.15) is 61.3 Å².